The van der Waals surface area contributed by atoms with Crippen molar-refractivity contribution in [1.82, 2.24) is 4.98 Å². The van der Waals surface area contributed by atoms with E-state index >= 15 is 0 Å². The number of ether oxygens (including phenoxy) is 1. The van der Waals surface area contributed by atoms with E-state index in [4.69, 9.17) is 14.9 Å². The van der Waals surface area contributed by atoms with Crippen molar-refractivity contribution >= 4 is 11.9 Å². The lowest BCUT2D eigenvalue weighted by atomic mass is 10.0. The molecule has 0 amide bonds. The second kappa shape index (κ2) is 22.2. The average Bonchev–Trinajstić information content (AvgIpc) is 2.79. The van der Waals surface area contributed by atoms with Crippen molar-refractivity contribution in [2.75, 3.05) is 6.61 Å². The van der Waals surface area contributed by atoms with Gasteiger partial charge in [0.2, 0.25) is 0 Å². The average molecular weight is 454 g/mol. The van der Waals surface area contributed by atoms with E-state index in [1.807, 2.05) is 18.2 Å². The smallest absolute Gasteiger partial charge is 0.336 e. The summed E-state index contributed by atoms with van der Waals surface area (Å²) in [6, 6.07) is 5.72. The largest absolute Gasteiger partial charge is 0.479 e. The third-order valence-corrected chi connectivity index (χ3v) is 5.14. The molecular weight excluding hydrogens is 410 g/mol. The van der Waals surface area contributed by atoms with Crippen LogP contribution in [0.4, 0.5) is 0 Å². The standard InChI is InChI=1S/C20H38O6.C5H5N/c1-2-3-4-5-6-7-8-9-10-11-12-13-14-15-16-26-18(20(24)25)17(21)19(22)23;1-2-4-6-5-3-1/h17-18,21H,2-16H2,1H3,(H,22,23)(H,24,25);1-5H. The number of aromatic nitrogens is 1. The zero-order valence-electron chi connectivity index (χ0n) is 19.7. The molecule has 1 rings (SSSR count). The van der Waals surface area contributed by atoms with E-state index in [1.54, 1.807) is 12.4 Å². The number of aliphatic hydroxyl groups excluding tert-OH is 1. The summed E-state index contributed by atoms with van der Waals surface area (Å²) in [5.74, 6) is -3.04. The second-order valence-corrected chi connectivity index (χ2v) is 8.03. The highest BCUT2D eigenvalue weighted by molar-refractivity contribution is 5.83. The zero-order valence-corrected chi connectivity index (χ0v) is 19.7. The number of carbonyl (C=O) groups is 2. The lowest BCUT2D eigenvalue weighted by Gasteiger charge is -2.16. The Morgan fingerprint density at radius 1 is 0.719 bits per heavy atom. The number of rotatable bonds is 19. The predicted octanol–water partition coefficient (Wildman–Crippen LogP) is 5.46. The summed E-state index contributed by atoms with van der Waals surface area (Å²) in [6.07, 6.45) is 16.9. The molecule has 0 aliphatic carbocycles. The Balaban J connectivity index is 0.00000136. The van der Waals surface area contributed by atoms with E-state index in [0.717, 1.165) is 19.3 Å². The summed E-state index contributed by atoms with van der Waals surface area (Å²) < 4.78 is 5.00. The number of unbranched alkanes of at least 4 members (excludes halogenated alkanes) is 13. The predicted molar refractivity (Wildman–Crippen MR) is 126 cm³/mol. The van der Waals surface area contributed by atoms with E-state index in [1.165, 1.54) is 64.2 Å². The van der Waals surface area contributed by atoms with Gasteiger partial charge in [-0.2, -0.15) is 0 Å². The van der Waals surface area contributed by atoms with Gasteiger partial charge < -0.3 is 20.1 Å². The number of pyridine rings is 1. The maximum Gasteiger partial charge on any atom is 0.336 e. The number of carboxylic acid groups (broad SMARTS) is 2. The highest BCUT2D eigenvalue weighted by atomic mass is 16.5. The van der Waals surface area contributed by atoms with E-state index in [9.17, 15) is 14.7 Å². The number of carboxylic acids is 2. The van der Waals surface area contributed by atoms with Gasteiger partial charge in [-0.3, -0.25) is 4.98 Å². The quantitative estimate of drug-likeness (QED) is 0.238. The first-order valence-electron chi connectivity index (χ1n) is 12.1. The number of aliphatic hydroxyl groups is 1. The van der Waals surface area contributed by atoms with Crippen LogP contribution < -0.4 is 0 Å². The topological polar surface area (TPSA) is 117 Å². The molecule has 1 heterocycles. The summed E-state index contributed by atoms with van der Waals surface area (Å²) in [5, 5.41) is 26.8. The number of hydrogen-bond donors (Lipinski definition) is 3. The minimum absolute atomic E-state index is 0.152. The third kappa shape index (κ3) is 18.8. The monoisotopic (exact) mass is 453 g/mol. The van der Waals surface area contributed by atoms with E-state index in [-0.39, 0.29) is 6.61 Å². The molecule has 0 fully saturated rings. The molecule has 1 aromatic rings. The summed E-state index contributed by atoms with van der Waals surface area (Å²) in [5.41, 5.74) is 0. The Morgan fingerprint density at radius 3 is 1.47 bits per heavy atom. The molecule has 0 aliphatic heterocycles. The lowest BCUT2D eigenvalue weighted by molar-refractivity contribution is -0.171. The van der Waals surface area contributed by atoms with Gasteiger partial charge in [-0.05, 0) is 18.6 Å². The van der Waals surface area contributed by atoms with Crippen LogP contribution in [0.5, 0.6) is 0 Å². The van der Waals surface area contributed by atoms with Crippen LogP contribution in [0.2, 0.25) is 0 Å². The minimum Gasteiger partial charge on any atom is -0.479 e. The fourth-order valence-corrected chi connectivity index (χ4v) is 3.25. The summed E-state index contributed by atoms with van der Waals surface area (Å²) >= 11 is 0. The van der Waals surface area contributed by atoms with E-state index in [2.05, 4.69) is 11.9 Å². The lowest BCUT2D eigenvalue weighted by Crippen LogP contribution is -2.41. The first kappa shape index (κ1) is 30.0. The molecule has 0 aromatic carbocycles. The summed E-state index contributed by atoms with van der Waals surface area (Å²) in [4.78, 5) is 25.3. The molecule has 0 aliphatic rings. The van der Waals surface area contributed by atoms with Crippen molar-refractivity contribution in [3.63, 3.8) is 0 Å². The molecule has 7 nitrogen and oxygen atoms in total. The second-order valence-electron chi connectivity index (χ2n) is 8.03. The number of hydrogen-bond acceptors (Lipinski definition) is 5. The van der Waals surface area contributed by atoms with Gasteiger partial charge in [0.25, 0.3) is 0 Å². The van der Waals surface area contributed by atoms with Crippen LogP contribution in [0.1, 0.15) is 96.8 Å². The molecule has 0 bridgehead atoms. The highest BCUT2D eigenvalue weighted by Crippen LogP contribution is 2.13. The van der Waals surface area contributed by atoms with Crippen LogP contribution in [-0.2, 0) is 14.3 Å². The van der Waals surface area contributed by atoms with Crippen LogP contribution in [0.25, 0.3) is 0 Å². The highest BCUT2D eigenvalue weighted by Gasteiger charge is 2.32. The summed E-state index contributed by atoms with van der Waals surface area (Å²) in [6.45, 7) is 2.39. The molecule has 2 atom stereocenters. The SMILES string of the molecule is CCCCCCCCCCCCCCCCOC(C(=O)O)C(O)C(=O)O.c1ccncc1. The molecule has 3 N–H and O–H groups in total. The fourth-order valence-electron chi connectivity index (χ4n) is 3.25. The fraction of sp³-hybridized carbons (Fsp3) is 0.720. The van der Waals surface area contributed by atoms with E-state index < -0.39 is 24.1 Å². The molecule has 184 valence electrons. The Bertz CT molecular complexity index is 528. The molecule has 2 unspecified atom stereocenters. The van der Waals surface area contributed by atoms with Crippen molar-refractivity contribution in [2.45, 2.75) is 109 Å². The molecule has 7 heteroatoms. The van der Waals surface area contributed by atoms with Gasteiger partial charge in [0.1, 0.15) is 0 Å². The maximum atomic E-state index is 10.9. The van der Waals surface area contributed by atoms with Crippen molar-refractivity contribution in [1.29, 1.82) is 0 Å². The normalized spacial score (nSPS) is 12.4. The first-order valence-corrected chi connectivity index (χ1v) is 12.1. The molecule has 0 saturated carbocycles. The minimum atomic E-state index is -2.03. The van der Waals surface area contributed by atoms with E-state index in [0.29, 0.717) is 6.42 Å². The Morgan fingerprint density at radius 2 is 1.16 bits per heavy atom. The van der Waals surface area contributed by atoms with Crippen LogP contribution in [-0.4, -0.2) is 51.1 Å². The van der Waals surface area contributed by atoms with Crippen LogP contribution in [0, 0.1) is 0 Å². The van der Waals surface area contributed by atoms with Crippen molar-refractivity contribution in [2.24, 2.45) is 0 Å². The van der Waals surface area contributed by atoms with Crippen molar-refractivity contribution in [3.05, 3.63) is 30.6 Å². The van der Waals surface area contributed by atoms with Gasteiger partial charge in [-0.1, -0.05) is 96.5 Å². The zero-order chi connectivity index (χ0) is 23.9. The molecule has 1 aromatic heterocycles. The maximum absolute atomic E-state index is 10.9. The Hall–Kier alpha value is -1.99. The third-order valence-electron chi connectivity index (χ3n) is 5.14. The van der Waals surface area contributed by atoms with Crippen LogP contribution in [0.3, 0.4) is 0 Å². The van der Waals surface area contributed by atoms with Crippen LogP contribution in [0.15, 0.2) is 30.6 Å². The molecule has 0 saturated heterocycles. The molecule has 0 spiro atoms. The van der Waals surface area contributed by atoms with Gasteiger partial charge in [-0.15, -0.1) is 0 Å². The first-order chi connectivity index (χ1) is 15.5. The van der Waals surface area contributed by atoms with Gasteiger partial charge in [-0.25, -0.2) is 9.59 Å². The number of aliphatic carboxylic acids is 2. The number of nitrogens with zero attached hydrogens (tertiary/aromatic N) is 1. The van der Waals surface area contributed by atoms with Crippen molar-refractivity contribution in [3.8, 4) is 0 Å². The van der Waals surface area contributed by atoms with Crippen LogP contribution >= 0.6 is 0 Å². The van der Waals surface area contributed by atoms with Gasteiger partial charge in [0.05, 0.1) is 0 Å². The Labute approximate surface area is 193 Å². The van der Waals surface area contributed by atoms with Gasteiger partial charge in [0, 0.05) is 19.0 Å². The van der Waals surface area contributed by atoms with Crippen molar-refractivity contribution < 1.29 is 29.6 Å². The molecule has 0 radical (unpaired) electrons. The molecule has 32 heavy (non-hydrogen) atoms. The molecular formula is C25H43NO6. The summed E-state index contributed by atoms with van der Waals surface area (Å²) in [7, 11) is 0. The van der Waals surface area contributed by atoms with Gasteiger partial charge >= 0.3 is 11.9 Å². The Kier molecular flexibility index (Phi) is 20.8. The van der Waals surface area contributed by atoms with Gasteiger partial charge in [0.15, 0.2) is 12.2 Å².